The largest absolute Gasteiger partial charge is 0.342 e. The van der Waals surface area contributed by atoms with E-state index in [1.165, 1.54) is 0 Å². The Bertz CT molecular complexity index is 1040. The maximum Gasteiger partial charge on any atom is 0.255 e. The molecular formula is C24H29N5O2. The standard InChI is InChI=1S/C24H29N5O2/c1-3-29(20-11-15-28(16-12-20)23(31)19-7-5-4-6-8-19)24-26-21(17-22(30)27(24)2)18-9-13-25-14-10-18/h4-7,9-10,13-14,17,19-20H,3,8,11-12,15-16H2,1-2H3. The van der Waals surface area contributed by atoms with Crippen molar-refractivity contribution in [3.63, 3.8) is 0 Å². The maximum absolute atomic E-state index is 12.8. The number of anilines is 1. The van der Waals surface area contributed by atoms with Gasteiger partial charge in [-0.05, 0) is 38.3 Å². The zero-order valence-corrected chi connectivity index (χ0v) is 18.1. The maximum atomic E-state index is 12.8. The first-order chi connectivity index (χ1) is 15.1. The number of piperidine rings is 1. The third-order valence-corrected chi connectivity index (χ3v) is 6.20. The lowest BCUT2D eigenvalue weighted by Crippen LogP contribution is -2.49. The first-order valence-electron chi connectivity index (χ1n) is 11.0. The molecule has 1 aliphatic heterocycles. The van der Waals surface area contributed by atoms with Gasteiger partial charge in [0.1, 0.15) is 0 Å². The molecule has 4 rings (SSSR count). The fraction of sp³-hybridized carbons (Fsp3) is 0.417. The van der Waals surface area contributed by atoms with Gasteiger partial charge in [0.25, 0.3) is 5.56 Å². The number of amides is 1. The van der Waals surface area contributed by atoms with Crippen molar-refractivity contribution >= 4 is 11.9 Å². The molecule has 31 heavy (non-hydrogen) atoms. The first kappa shape index (κ1) is 21.0. The molecule has 1 unspecified atom stereocenters. The minimum absolute atomic E-state index is 0.0386. The number of hydrogen-bond acceptors (Lipinski definition) is 5. The van der Waals surface area contributed by atoms with Crippen LogP contribution < -0.4 is 10.5 Å². The molecule has 7 heteroatoms. The summed E-state index contributed by atoms with van der Waals surface area (Å²) in [7, 11) is 1.77. The van der Waals surface area contributed by atoms with Gasteiger partial charge in [0, 0.05) is 56.7 Å². The summed E-state index contributed by atoms with van der Waals surface area (Å²) in [4.78, 5) is 38.6. The molecule has 1 aliphatic carbocycles. The number of nitrogens with zero attached hydrogens (tertiary/aromatic N) is 5. The topological polar surface area (TPSA) is 71.3 Å². The van der Waals surface area contributed by atoms with Crippen molar-refractivity contribution in [2.24, 2.45) is 13.0 Å². The van der Waals surface area contributed by atoms with Gasteiger partial charge in [-0.2, -0.15) is 0 Å². The molecule has 2 aliphatic rings. The highest BCUT2D eigenvalue weighted by Gasteiger charge is 2.30. The minimum atomic E-state index is -0.0833. The van der Waals surface area contributed by atoms with Crippen LogP contribution in [-0.4, -0.2) is 51.0 Å². The fourth-order valence-electron chi connectivity index (χ4n) is 4.41. The van der Waals surface area contributed by atoms with Crippen LogP contribution in [0, 0.1) is 5.92 Å². The van der Waals surface area contributed by atoms with Crippen molar-refractivity contribution < 1.29 is 4.79 Å². The summed E-state index contributed by atoms with van der Waals surface area (Å²) in [5, 5.41) is 0. The summed E-state index contributed by atoms with van der Waals surface area (Å²) >= 11 is 0. The van der Waals surface area contributed by atoms with Gasteiger partial charge in [-0.25, -0.2) is 4.98 Å². The van der Waals surface area contributed by atoms with E-state index in [4.69, 9.17) is 4.98 Å². The highest BCUT2D eigenvalue weighted by molar-refractivity contribution is 5.81. The summed E-state index contributed by atoms with van der Waals surface area (Å²) in [6, 6.07) is 5.53. The summed E-state index contributed by atoms with van der Waals surface area (Å²) in [5.41, 5.74) is 1.45. The van der Waals surface area contributed by atoms with Gasteiger partial charge in [-0.3, -0.25) is 19.1 Å². The molecule has 0 bridgehead atoms. The molecule has 0 spiro atoms. The van der Waals surface area contributed by atoms with Crippen molar-refractivity contribution in [1.29, 1.82) is 0 Å². The van der Waals surface area contributed by atoms with E-state index >= 15 is 0 Å². The van der Waals surface area contributed by atoms with Crippen molar-refractivity contribution in [3.8, 4) is 11.3 Å². The molecule has 0 radical (unpaired) electrons. The quantitative estimate of drug-likeness (QED) is 0.745. The molecule has 0 saturated carbocycles. The van der Waals surface area contributed by atoms with Gasteiger partial charge < -0.3 is 9.80 Å². The van der Waals surface area contributed by atoms with E-state index < -0.39 is 0 Å². The molecule has 1 fully saturated rings. The molecule has 0 aromatic carbocycles. The summed E-state index contributed by atoms with van der Waals surface area (Å²) < 4.78 is 1.62. The molecule has 1 atom stereocenters. The first-order valence-corrected chi connectivity index (χ1v) is 11.0. The summed E-state index contributed by atoms with van der Waals surface area (Å²) in [6.07, 6.45) is 13.9. The predicted molar refractivity (Wildman–Crippen MR) is 122 cm³/mol. The third-order valence-electron chi connectivity index (χ3n) is 6.20. The van der Waals surface area contributed by atoms with Crippen LogP contribution in [0.5, 0.6) is 0 Å². The Hall–Kier alpha value is -3.22. The average Bonchev–Trinajstić information content (AvgIpc) is 2.83. The lowest BCUT2D eigenvalue weighted by molar-refractivity contribution is -0.135. The molecule has 7 nitrogen and oxygen atoms in total. The fourth-order valence-corrected chi connectivity index (χ4v) is 4.41. The lowest BCUT2D eigenvalue weighted by Gasteiger charge is -2.39. The number of aromatic nitrogens is 3. The smallest absolute Gasteiger partial charge is 0.255 e. The van der Waals surface area contributed by atoms with Gasteiger partial charge >= 0.3 is 0 Å². The van der Waals surface area contributed by atoms with Crippen LogP contribution in [0.15, 0.2) is 59.7 Å². The highest BCUT2D eigenvalue weighted by Crippen LogP contribution is 2.25. The number of carbonyl (C=O) groups is 1. The van der Waals surface area contributed by atoms with E-state index in [9.17, 15) is 9.59 Å². The van der Waals surface area contributed by atoms with Gasteiger partial charge in [-0.1, -0.05) is 24.3 Å². The molecule has 0 N–H and O–H groups in total. The van der Waals surface area contributed by atoms with Crippen LogP contribution in [-0.2, 0) is 11.8 Å². The monoisotopic (exact) mass is 419 g/mol. The van der Waals surface area contributed by atoms with Gasteiger partial charge in [0.05, 0.1) is 11.6 Å². The summed E-state index contributed by atoms with van der Waals surface area (Å²) in [5.74, 6) is 0.850. The van der Waals surface area contributed by atoms with Crippen molar-refractivity contribution in [2.75, 3.05) is 24.5 Å². The molecule has 162 valence electrons. The number of likely N-dealkylation sites (tertiary alicyclic amines) is 1. The van der Waals surface area contributed by atoms with E-state index in [2.05, 4.69) is 22.9 Å². The minimum Gasteiger partial charge on any atom is -0.342 e. The molecule has 1 amide bonds. The van der Waals surface area contributed by atoms with Crippen LogP contribution in [0.1, 0.15) is 26.2 Å². The van der Waals surface area contributed by atoms with Crippen LogP contribution in [0.4, 0.5) is 5.95 Å². The Balaban J connectivity index is 1.51. The normalized spacial score (nSPS) is 18.9. The Morgan fingerprint density at radius 3 is 2.58 bits per heavy atom. The SMILES string of the molecule is CCN(c1nc(-c2ccncc2)cc(=O)n1C)C1CCN(C(=O)C2C=CC=CC2)CC1. The number of hydrogen-bond donors (Lipinski definition) is 0. The zero-order chi connectivity index (χ0) is 21.8. The second-order valence-electron chi connectivity index (χ2n) is 8.07. The molecule has 3 heterocycles. The van der Waals surface area contributed by atoms with Gasteiger partial charge in [0.2, 0.25) is 11.9 Å². The Kier molecular flexibility index (Phi) is 6.30. The van der Waals surface area contributed by atoms with Crippen molar-refractivity contribution in [1.82, 2.24) is 19.4 Å². The third kappa shape index (κ3) is 4.45. The molecular weight excluding hydrogens is 390 g/mol. The van der Waals surface area contributed by atoms with E-state index in [0.717, 1.165) is 44.5 Å². The Morgan fingerprint density at radius 2 is 1.94 bits per heavy atom. The van der Waals surface area contributed by atoms with Crippen LogP contribution in [0.2, 0.25) is 0 Å². The van der Waals surface area contributed by atoms with E-state index in [1.54, 1.807) is 30.1 Å². The number of carbonyl (C=O) groups excluding carboxylic acids is 1. The van der Waals surface area contributed by atoms with E-state index in [0.29, 0.717) is 11.6 Å². The molecule has 1 saturated heterocycles. The number of rotatable bonds is 5. The number of pyridine rings is 1. The van der Waals surface area contributed by atoms with E-state index in [1.807, 2.05) is 35.3 Å². The molecule has 2 aromatic rings. The van der Waals surface area contributed by atoms with Gasteiger partial charge in [0.15, 0.2) is 0 Å². The Labute approximate surface area is 182 Å². The second-order valence-corrected chi connectivity index (χ2v) is 8.07. The predicted octanol–water partition coefficient (Wildman–Crippen LogP) is 2.79. The van der Waals surface area contributed by atoms with Crippen molar-refractivity contribution in [2.45, 2.75) is 32.2 Å². The van der Waals surface area contributed by atoms with E-state index in [-0.39, 0.29) is 23.4 Å². The van der Waals surface area contributed by atoms with Crippen LogP contribution >= 0.6 is 0 Å². The zero-order valence-electron chi connectivity index (χ0n) is 18.1. The highest BCUT2D eigenvalue weighted by atomic mass is 16.2. The van der Waals surface area contributed by atoms with Crippen molar-refractivity contribution in [3.05, 3.63) is 65.3 Å². The summed E-state index contributed by atoms with van der Waals surface area (Å²) in [6.45, 7) is 4.29. The average molecular weight is 420 g/mol. The molecule has 2 aromatic heterocycles. The van der Waals surface area contributed by atoms with Gasteiger partial charge in [-0.15, -0.1) is 0 Å². The Morgan fingerprint density at radius 1 is 1.19 bits per heavy atom. The second kappa shape index (κ2) is 9.29. The number of allylic oxidation sites excluding steroid dienone is 3. The lowest BCUT2D eigenvalue weighted by atomic mass is 9.96. The van der Waals surface area contributed by atoms with Crippen LogP contribution in [0.25, 0.3) is 11.3 Å². The van der Waals surface area contributed by atoms with Crippen LogP contribution in [0.3, 0.4) is 0 Å².